The summed E-state index contributed by atoms with van der Waals surface area (Å²) in [5, 5.41) is 2.54. The number of hydrogen-bond donors (Lipinski definition) is 0. The minimum atomic E-state index is -0.478. The van der Waals surface area contributed by atoms with E-state index in [2.05, 4.69) is 139 Å². The molecule has 0 unspecified atom stereocenters. The molecule has 0 radical (unpaired) electrons. The summed E-state index contributed by atoms with van der Waals surface area (Å²) in [4.78, 5) is 2.18. The normalized spacial score (nSPS) is 17.7. The number of benzene rings is 4. The third-order valence-electron chi connectivity index (χ3n) is 9.07. The summed E-state index contributed by atoms with van der Waals surface area (Å²) in [5.41, 5.74) is 10.4. The number of rotatable bonds is 4. The van der Waals surface area contributed by atoms with Crippen molar-refractivity contribution in [3.8, 4) is 0 Å². The number of anilines is 1. The summed E-state index contributed by atoms with van der Waals surface area (Å²) < 4.78 is 13.6. The van der Waals surface area contributed by atoms with Crippen LogP contribution >= 0.6 is 0 Å². The van der Waals surface area contributed by atoms with E-state index in [0.29, 0.717) is 0 Å². The van der Waals surface area contributed by atoms with Crippen molar-refractivity contribution >= 4 is 52.2 Å². The van der Waals surface area contributed by atoms with Crippen molar-refractivity contribution in [2.45, 2.75) is 52.7 Å². The van der Waals surface area contributed by atoms with Crippen LogP contribution in [0.4, 0.5) is 5.69 Å². The fraction of sp³-hybridized carbons (Fsp3) is 0.294. The monoisotopic (exact) mass is 513 g/mol. The summed E-state index contributed by atoms with van der Waals surface area (Å²) >= 11 is 0. The van der Waals surface area contributed by atoms with E-state index in [9.17, 15) is 0 Å². The van der Waals surface area contributed by atoms with Crippen LogP contribution in [0.25, 0.3) is 21.7 Å². The molecule has 0 aliphatic carbocycles. The van der Waals surface area contributed by atoms with Crippen molar-refractivity contribution in [1.29, 1.82) is 0 Å². The van der Waals surface area contributed by atoms with Crippen LogP contribution in [0.5, 0.6) is 0 Å². The Bertz CT molecular complexity index is 1580. The summed E-state index contributed by atoms with van der Waals surface area (Å²) in [6.45, 7) is 13.1. The lowest BCUT2D eigenvalue weighted by atomic mass is 9.30. The molecule has 196 valence electrons. The Morgan fingerprint density at radius 3 is 1.87 bits per heavy atom. The first-order chi connectivity index (χ1) is 18.5. The maximum Gasteiger partial charge on any atom is 0.494 e. The number of aryl methyl sites for hydroxylation is 2. The van der Waals surface area contributed by atoms with Gasteiger partial charge in [-0.3, -0.25) is 0 Å². The minimum Gasteiger partial charge on any atom is -0.399 e. The van der Waals surface area contributed by atoms with Crippen molar-refractivity contribution < 1.29 is 9.31 Å². The lowest BCUT2D eigenvalue weighted by Gasteiger charge is -2.33. The fourth-order valence-corrected chi connectivity index (χ4v) is 6.41. The zero-order valence-electron chi connectivity index (χ0n) is 24.4. The summed E-state index contributed by atoms with van der Waals surface area (Å²) in [5.74, 6) is 0. The number of hydrogen-bond acceptors (Lipinski definition) is 3. The maximum atomic E-state index is 6.81. The van der Waals surface area contributed by atoms with Gasteiger partial charge in [-0.25, -0.2) is 0 Å². The second kappa shape index (κ2) is 9.15. The molecule has 6 rings (SSSR count). The Morgan fingerprint density at radius 2 is 1.28 bits per heavy atom. The van der Waals surface area contributed by atoms with Crippen molar-refractivity contribution in [3.05, 3.63) is 101 Å². The standard InChI is InChI=1S/C34H37B2NO2/c1-22-20-26(37(7)8)21-23(2)30(22)35-28-19-13-17-24-16-12-18-27(29(24)28)32(31(35)25-14-10-9-11-15-25)36-38-33(3,4)34(5,6)39-36/h9-21H,1-8H3. The maximum absolute atomic E-state index is 6.81. The summed E-state index contributed by atoms with van der Waals surface area (Å²) in [7, 11) is 3.74. The van der Waals surface area contributed by atoms with Crippen molar-refractivity contribution in [1.82, 2.24) is 0 Å². The van der Waals surface area contributed by atoms with Gasteiger partial charge in [-0.2, -0.15) is 0 Å². The van der Waals surface area contributed by atoms with Gasteiger partial charge in [0.1, 0.15) is 0 Å². The highest BCUT2D eigenvalue weighted by atomic mass is 16.7. The van der Waals surface area contributed by atoms with Crippen LogP contribution in [0, 0.1) is 13.8 Å². The molecule has 1 saturated heterocycles. The van der Waals surface area contributed by atoms with E-state index >= 15 is 0 Å². The molecule has 5 heteroatoms. The second-order valence-corrected chi connectivity index (χ2v) is 12.4. The molecule has 2 aliphatic heterocycles. The third kappa shape index (κ3) is 4.06. The van der Waals surface area contributed by atoms with Crippen LogP contribution in [0.15, 0.2) is 78.9 Å². The molecule has 4 aromatic rings. The molecule has 0 saturated carbocycles. The first-order valence-corrected chi connectivity index (χ1v) is 14.0. The predicted octanol–water partition coefficient (Wildman–Crippen LogP) is 6.23. The van der Waals surface area contributed by atoms with E-state index in [-0.39, 0.29) is 6.71 Å². The minimum absolute atomic E-state index is 0.0382. The molecule has 0 atom stereocenters. The SMILES string of the molecule is Cc1cc(N(C)C)cc(C)c1B1C(c2ccccc2)=C(B2OC(C)(C)C(C)(C)O2)c2cccc3cccc1c23. The molecule has 0 amide bonds. The lowest BCUT2D eigenvalue weighted by molar-refractivity contribution is 0.00578. The van der Waals surface area contributed by atoms with Gasteiger partial charge in [0.05, 0.1) is 11.2 Å². The first kappa shape index (κ1) is 26.0. The van der Waals surface area contributed by atoms with Crippen LogP contribution in [0.2, 0.25) is 0 Å². The molecule has 1 fully saturated rings. The van der Waals surface area contributed by atoms with Gasteiger partial charge >= 0.3 is 7.12 Å². The zero-order valence-corrected chi connectivity index (χ0v) is 24.4. The molecule has 0 aromatic heterocycles. The van der Waals surface area contributed by atoms with Gasteiger partial charge in [-0.1, -0.05) is 94.3 Å². The van der Waals surface area contributed by atoms with Crippen LogP contribution in [-0.2, 0) is 9.31 Å². The highest BCUT2D eigenvalue weighted by molar-refractivity contribution is 7.05. The molecule has 2 heterocycles. The Labute approximate surface area is 234 Å². The van der Waals surface area contributed by atoms with Gasteiger partial charge in [-0.15, -0.1) is 0 Å². The lowest BCUT2D eigenvalue weighted by Crippen LogP contribution is -2.49. The molecule has 4 aromatic carbocycles. The fourth-order valence-electron chi connectivity index (χ4n) is 6.41. The molecule has 0 N–H and O–H groups in total. The van der Waals surface area contributed by atoms with Gasteiger partial charge < -0.3 is 14.2 Å². The molecule has 0 bridgehead atoms. The third-order valence-corrected chi connectivity index (χ3v) is 9.07. The average molecular weight is 513 g/mol. The number of nitrogens with zero attached hydrogens (tertiary/aromatic N) is 1. The molecular weight excluding hydrogens is 476 g/mol. The highest BCUT2D eigenvalue weighted by Crippen LogP contribution is 2.46. The van der Waals surface area contributed by atoms with Gasteiger partial charge in [0.2, 0.25) is 6.71 Å². The van der Waals surface area contributed by atoms with E-state index in [1.165, 1.54) is 55.1 Å². The predicted molar refractivity (Wildman–Crippen MR) is 169 cm³/mol. The Hall–Kier alpha value is -3.27. The van der Waals surface area contributed by atoms with Gasteiger partial charge in [0.15, 0.2) is 0 Å². The van der Waals surface area contributed by atoms with Gasteiger partial charge in [0.25, 0.3) is 0 Å². The first-order valence-electron chi connectivity index (χ1n) is 14.0. The highest BCUT2D eigenvalue weighted by Gasteiger charge is 2.54. The smallest absolute Gasteiger partial charge is 0.399 e. The van der Waals surface area contributed by atoms with Gasteiger partial charge in [-0.05, 0) is 81.0 Å². The van der Waals surface area contributed by atoms with Crippen LogP contribution in [-0.4, -0.2) is 39.1 Å². The summed E-state index contributed by atoms with van der Waals surface area (Å²) in [6, 6.07) is 28.9. The van der Waals surface area contributed by atoms with Crippen molar-refractivity contribution in [3.63, 3.8) is 0 Å². The Kier molecular flexibility index (Phi) is 6.09. The average Bonchev–Trinajstić information content (AvgIpc) is 3.11. The van der Waals surface area contributed by atoms with Crippen LogP contribution < -0.4 is 15.8 Å². The largest absolute Gasteiger partial charge is 0.494 e. The van der Waals surface area contributed by atoms with E-state index in [4.69, 9.17) is 9.31 Å². The van der Waals surface area contributed by atoms with Crippen molar-refractivity contribution in [2.24, 2.45) is 0 Å². The van der Waals surface area contributed by atoms with E-state index in [0.717, 1.165) is 5.47 Å². The quantitative estimate of drug-likeness (QED) is 0.302. The molecule has 0 spiro atoms. The van der Waals surface area contributed by atoms with Crippen LogP contribution in [0.3, 0.4) is 0 Å². The Balaban J connectivity index is 1.74. The van der Waals surface area contributed by atoms with Crippen LogP contribution in [0.1, 0.15) is 49.9 Å². The molecule has 2 aliphatic rings. The second-order valence-electron chi connectivity index (χ2n) is 12.4. The topological polar surface area (TPSA) is 21.7 Å². The van der Waals surface area contributed by atoms with Gasteiger partial charge in [0, 0.05) is 19.8 Å². The van der Waals surface area contributed by atoms with E-state index in [1.54, 1.807) is 0 Å². The summed E-state index contributed by atoms with van der Waals surface area (Å²) in [6.07, 6.45) is 0. The molecule has 3 nitrogen and oxygen atoms in total. The van der Waals surface area contributed by atoms with E-state index in [1.807, 2.05) is 0 Å². The molecular formula is C34H37B2NO2. The van der Waals surface area contributed by atoms with Crippen molar-refractivity contribution in [2.75, 3.05) is 19.0 Å². The molecule has 39 heavy (non-hydrogen) atoms. The Morgan fingerprint density at radius 1 is 0.692 bits per heavy atom. The zero-order chi connectivity index (χ0) is 27.7. The van der Waals surface area contributed by atoms with E-state index < -0.39 is 18.3 Å².